The zero-order chi connectivity index (χ0) is 13.7. The minimum absolute atomic E-state index is 0.409. The Morgan fingerprint density at radius 3 is 2.63 bits per heavy atom. The van der Waals surface area contributed by atoms with E-state index < -0.39 is 0 Å². The van der Waals surface area contributed by atoms with Crippen LogP contribution in [0.1, 0.15) is 25.5 Å². The maximum atomic E-state index is 5.65. The molecular formula is C15H24N2O2. The van der Waals surface area contributed by atoms with Crippen molar-refractivity contribution in [3.8, 4) is 11.5 Å². The molecule has 4 heteroatoms. The summed E-state index contributed by atoms with van der Waals surface area (Å²) in [5.41, 5.74) is 1.28. The number of nitrogens with zero attached hydrogens (tertiary/aromatic N) is 1. The number of piperazine rings is 1. The van der Waals surface area contributed by atoms with Gasteiger partial charge in [0.2, 0.25) is 0 Å². The number of nitrogens with one attached hydrogen (secondary N) is 1. The molecule has 4 nitrogen and oxygen atoms in total. The molecule has 0 aromatic heterocycles. The Morgan fingerprint density at radius 1 is 1.26 bits per heavy atom. The third kappa shape index (κ3) is 3.39. The SMILES string of the molecule is CCOc1cc([C@H](C)N2CCNCC2)ccc1OC. The highest BCUT2D eigenvalue weighted by atomic mass is 16.5. The van der Waals surface area contributed by atoms with Crippen molar-refractivity contribution in [2.75, 3.05) is 39.9 Å². The third-order valence-corrected chi connectivity index (χ3v) is 3.67. The Balaban J connectivity index is 2.16. The van der Waals surface area contributed by atoms with Crippen LogP contribution in [0.2, 0.25) is 0 Å². The minimum Gasteiger partial charge on any atom is -0.493 e. The molecule has 106 valence electrons. The summed E-state index contributed by atoms with van der Waals surface area (Å²) >= 11 is 0. The lowest BCUT2D eigenvalue weighted by Gasteiger charge is -2.33. The molecule has 0 aliphatic carbocycles. The molecule has 1 aliphatic rings. The largest absolute Gasteiger partial charge is 0.493 e. The van der Waals surface area contributed by atoms with Crippen LogP contribution in [0.15, 0.2) is 18.2 Å². The molecule has 1 heterocycles. The smallest absolute Gasteiger partial charge is 0.161 e. The van der Waals surface area contributed by atoms with Gasteiger partial charge in [-0.05, 0) is 31.5 Å². The number of hydrogen-bond acceptors (Lipinski definition) is 4. The zero-order valence-corrected chi connectivity index (χ0v) is 12.1. The Hall–Kier alpha value is -1.26. The quantitative estimate of drug-likeness (QED) is 0.882. The Kier molecular flexibility index (Phi) is 5.05. The van der Waals surface area contributed by atoms with Crippen molar-refractivity contribution in [3.05, 3.63) is 23.8 Å². The summed E-state index contributed by atoms with van der Waals surface area (Å²) in [6, 6.07) is 6.65. The van der Waals surface area contributed by atoms with Crippen molar-refractivity contribution >= 4 is 0 Å². The minimum atomic E-state index is 0.409. The molecular weight excluding hydrogens is 240 g/mol. The molecule has 0 bridgehead atoms. The molecule has 1 aromatic carbocycles. The molecule has 1 N–H and O–H groups in total. The van der Waals surface area contributed by atoms with E-state index in [9.17, 15) is 0 Å². The van der Waals surface area contributed by atoms with Crippen LogP contribution >= 0.6 is 0 Å². The fourth-order valence-corrected chi connectivity index (χ4v) is 2.50. The molecule has 0 radical (unpaired) electrons. The highest BCUT2D eigenvalue weighted by molar-refractivity contribution is 5.43. The maximum absolute atomic E-state index is 5.65. The van der Waals surface area contributed by atoms with E-state index in [0.717, 1.165) is 37.7 Å². The lowest BCUT2D eigenvalue weighted by Crippen LogP contribution is -2.44. The van der Waals surface area contributed by atoms with Gasteiger partial charge in [0.05, 0.1) is 13.7 Å². The van der Waals surface area contributed by atoms with E-state index in [0.29, 0.717) is 12.6 Å². The van der Waals surface area contributed by atoms with Gasteiger partial charge in [-0.15, -0.1) is 0 Å². The average molecular weight is 264 g/mol. The molecule has 1 saturated heterocycles. The van der Waals surface area contributed by atoms with E-state index in [4.69, 9.17) is 9.47 Å². The second-order valence-corrected chi connectivity index (χ2v) is 4.81. The van der Waals surface area contributed by atoms with Gasteiger partial charge in [0.25, 0.3) is 0 Å². The van der Waals surface area contributed by atoms with Gasteiger partial charge in [0.1, 0.15) is 0 Å². The first kappa shape index (κ1) is 14.2. The second kappa shape index (κ2) is 6.78. The molecule has 0 saturated carbocycles. The van der Waals surface area contributed by atoms with E-state index in [-0.39, 0.29) is 0 Å². The molecule has 2 rings (SSSR count). The van der Waals surface area contributed by atoms with Crippen LogP contribution < -0.4 is 14.8 Å². The van der Waals surface area contributed by atoms with Crippen molar-refractivity contribution in [1.82, 2.24) is 10.2 Å². The average Bonchev–Trinajstić information content (AvgIpc) is 2.47. The lowest BCUT2D eigenvalue weighted by molar-refractivity contribution is 0.185. The first-order valence-corrected chi connectivity index (χ1v) is 7.01. The highest BCUT2D eigenvalue weighted by Gasteiger charge is 2.19. The predicted molar refractivity (Wildman–Crippen MR) is 77.0 cm³/mol. The van der Waals surface area contributed by atoms with Gasteiger partial charge in [-0.1, -0.05) is 6.07 Å². The summed E-state index contributed by atoms with van der Waals surface area (Å²) in [7, 11) is 1.68. The van der Waals surface area contributed by atoms with Gasteiger partial charge < -0.3 is 14.8 Å². The van der Waals surface area contributed by atoms with Crippen LogP contribution in [0.4, 0.5) is 0 Å². The van der Waals surface area contributed by atoms with Crippen molar-refractivity contribution in [2.45, 2.75) is 19.9 Å². The van der Waals surface area contributed by atoms with E-state index in [1.54, 1.807) is 7.11 Å². The molecule has 1 fully saturated rings. The molecule has 1 aromatic rings. The van der Waals surface area contributed by atoms with Crippen LogP contribution in [0.5, 0.6) is 11.5 Å². The van der Waals surface area contributed by atoms with Crippen LogP contribution in [0, 0.1) is 0 Å². The summed E-state index contributed by atoms with van der Waals surface area (Å²) in [5, 5.41) is 3.38. The number of benzene rings is 1. The molecule has 0 amide bonds. The van der Waals surface area contributed by atoms with Gasteiger partial charge in [0.15, 0.2) is 11.5 Å². The van der Waals surface area contributed by atoms with Gasteiger partial charge in [-0.3, -0.25) is 4.90 Å². The van der Waals surface area contributed by atoms with E-state index in [2.05, 4.69) is 29.3 Å². The van der Waals surface area contributed by atoms with E-state index in [1.165, 1.54) is 5.56 Å². The molecule has 0 spiro atoms. The van der Waals surface area contributed by atoms with Gasteiger partial charge in [-0.25, -0.2) is 0 Å². The normalized spacial score (nSPS) is 18.1. The van der Waals surface area contributed by atoms with Crippen molar-refractivity contribution in [2.24, 2.45) is 0 Å². The number of ether oxygens (including phenoxy) is 2. The Morgan fingerprint density at radius 2 is 2.00 bits per heavy atom. The van der Waals surface area contributed by atoms with Crippen LogP contribution in [0.25, 0.3) is 0 Å². The van der Waals surface area contributed by atoms with Crippen LogP contribution in [-0.4, -0.2) is 44.8 Å². The predicted octanol–water partition coefficient (Wildman–Crippen LogP) is 2.06. The van der Waals surface area contributed by atoms with Gasteiger partial charge >= 0.3 is 0 Å². The summed E-state index contributed by atoms with van der Waals surface area (Å²) < 4.78 is 11.0. The number of hydrogen-bond donors (Lipinski definition) is 1. The Bertz CT molecular complexity index is 403. The summed E-state index contributed by atoms with van der Waals surface area (Å²) in [4.78, 5) is 2.49. The van der Waals surface area contributed by atoms with Gasteiger partial charge in [-0.2, -0.15) is 0 Å². The van der Waals surface area contributed by atoms with Gasteiger partial charge in [0, 0.05) is 32.2 Å². The third-order valence-electron chi connectivity index (χ3n) is 3.67. The fourth-order valence-electron chi connectivity index (χ4n) is 2.50. The number of rotatable bonds is 5. The van der Waals surface area contributed by atoms with Crippen molar-refractivity contribution in [1.29, 1.82) is 0 Å². The molecule has 0 unspecified atom stereocenters. The van der Waals surface area contributed by atoms with Crippen molar-refractivity contribution < 1.29 is 9.47 Å². The summed E-state index contributed by atoms with van der Waals surface area (Å²) in [5.74, 6) is 1.64. The summed E-state index contributed by atoms with van der Waals surface area (Å²) in [6.07, 6.45) is 0. The van der Waals surface area contributed by atoms with E-state index in [1.807, 2.05) is 13.0 Å². The fraction of sp³-hybridized carbons (Fsp3) is 0.600. The first-order chi connectivity index (χ1) is 9.26. The van der Waals surface area contributed by atoms with Crippen LogP contribution in [0.3, 0.4) is 0 Å². The topological polar surface area (TPSA) is 33.7 Å². The van der Waals surface area contributed by atoms with Crippen molar-refractivity contribution in [3.63, 3.8) is 0 Å². The monoisotopic (exact) mass is 264 g/mol. The highest BCUT2D eigenvalue weighted by Crippen LogP contribution is 2.32. The Labute approximate surface area is 115 Å². The summed E-state index contributed by atoms with van der Waals surface area (Å²) in [6.45, 7) is 9.22. The van der Waals surface area contributed by atoms with Crippen LogP contribution in [-0.2, 0) is 0 Å². The second-order valence-electron chi connectivity index (χ2n) is 4.81. The standard InChI is InChI=1S/C15H24N2O2/c1-4-19-15-11-13(5-6-14(15)18-3)12(2)17-9-7-16-8-10-17/h5-6,11-12,16H,4,7-10H2,1-3H3/t12-/m0/s1. The molecule has 19 heavy (non-hydrogen) atoms. The number of methoxy groups -OCH3 is 1. The first-order valence-electron chi connectivity index (χ1n) is 7.01. The molecule has 1 aliphatic heterocycles. The van der Waals surface area contributed by atoms with E-state index >= 15 is 0 Å². The lowest BCUT2D eigenvalue weighted by atomic mass is 10.1. The maximum Gasteiger partial charge on any atom is 0.161 e. The zero-order valence-electron chi connectivity index (χ0n) is 12.1. The molecule has 1 atom stereocenters.